The van der Waals surface area contributed by atoms with E-state index in [9.17, 15) is 4.79 Å². The second kappa shape index (κ2) is 4.61. The monoisotopic (exact) mass is 233 g/mol. The zero-order valence-electron chi connectivity index (χ0n) is 8.92. The van der Waals surface area contributed by atoms with Crippen molar-refractivity contribution in [2.24, 2.45) is 0 Å². The molecule has 5 nitrogen and oxygen atoms in total. The zero-order valence-corrected chi connectivity index (χ0v) is 8.92. The number of hydrogen-bond donors (Lipinski definition) is 2. The highest BCUT2D eigenvalue weighted by molar-refractivity contribution is 5.51. The van der Waals surface area contributed by atoms with Gasteiger partial charge in [-0.05, 0) is 12.1 Å². The van der Waals surface area contributed by atoms with Crippen molar-refractivity contribution in [1.29, 1.82) is 0 Å². The van der Waals surface area contributed by atoms with Gasteiger partial charge >= 0.3 is 0 Å². The van der Waals surface area contributed by atoms with Crippen LogP contribution in [0.1, 0.15) is 5.76 Å². The summed E-state index contributed by atoms with van der Waals surface area (Å²) in [4.78, 5) is 11.1. The van der Waals surface area contributed by atoms with E-state index in [1.807, 2.05) is 0 Å². The molecule has 0 aliphatic carbocycles. The molecule has 0 aliphatic heterocycles. The molecule has 0 amide bonds. The van der Waals surface area contributed by atoms with Gasteiger partial charge in [-0.3, -0.25) is 4.79 Å². The number of nitrogen functional groups attached to an aromatic ring is 1. The van der Waals surface area contributed by atoms with Gasteiger partial charge in [0.2, 0.25) is 5.43 Å². The van der Waals surface area contributed by atoms with E-state index in [2.05, 4.69) is 0 Å². The summed E-state index contributed by atoms with van der Waals surface area (Å²) in [5.41, 5.74) is 5.69. The van der Waals surface area contributed by atoms with Crippen molar-refractivity contribution >= 4 is 5.69 Å². The molecule has 0 saturated carbocycles. The van der Waals surface area contributed by atoms with Crippen LogP contribution in [-0.2, 0) is 6.61 Å². The summed E-state index contributed by atoms with van der Waals surface area (Å²) in [6, 6.07) is 8.19. The topological polar surface area (TPSA) is 85.7 Å². The quantitative estimate of drug-likeness (QED) is 0.785. The second-order valence-corrected chi connectivity index (χ2v) is 3.42. The first-order chi connectivity index (χ1) is 8.16. The minimum absolute atomic E-state index is 0.0731. The van der Waals surface area contributed by atoms with Crippen LogP contribution < -0.4 is 15.9 Å². The SMILES string of the molecule is Nc1ccccc1OCc1cc(=O)c(O)co1. The highest BCUT2D eigenvalue weighted by Gasteiger charge is 2.04. The summed E-state index contributed by atoms with van der Waals surface area (Å²) < 4.78 is 10.4. The number of aromatic hydroxyl groups is 1. The Kier molecular flexibility index (Phi) is 3.00. The maximum absolute atomic E-state index is 11.1. The van der Waals surface area contributed by atoms with Gasteiger partial charge in [0.15, 0.2) is 5.75 Å². The molecule has 1 heterocycles. The van der Waals surface area contributed by atoms with Crippen molar-refractivity contribution < 1.29 is 14.3 Å². The molecule has 0 saturated heterocycles. The van der Waals surface area contributed by atoms with Gasteiger partial charge in [-0.2, -0.15) is 0 Å². The molecule has 1 aromatic carbocycles. The van der Waals surface area contributed by atoms with Crippen molar-refractivity contribution in [1.82, 2.24) is 0 Å². The Morgan fingerprint density at radius 2 is 2.12 bits per heavy atom. The van der Waals surface area contributed by atoms with Gasteiger partial charge in [0.25, 0.3) is 0 Å². The molecule has 88 valence electrons. The normalized spacial score (nSPS) is 10.1. The molecule has 2 aromatic rings. The van der Waals surface area contributed by atoms with Crippen LogP contribution in [0.5, 0.6) is 11.5 Å². The largest absolute Gasteiger partial charge is 0.502 e. The molecule has 0 atom stereocenters. The standard InChI is InChI=1S/C12H11NO4/c13-9-3-1-2-4-12(9)17-6-8-5-10(14)11(15)7-16-8/h1-5,7,15H,6,13H2. The van der Waals surface area contributed by atoms with Crippen molar-refractivity contribution in [2.45, 2.75) is 6.61 Å². The van der Waals surface area contributed by atoms with Gasteiger partial charge in [0, 0.05) is 6.07 Å². The van der Waals surface area contributed by atoms with Gasteiger partial charge in [0.05, 0.1) is 5.69 Å². The molecule has 17 heavy (non-hydrogen) atoms. The fourth-order valence-corrected chi connectivity index (χ4v) is 1.28. The van der Waals surface area contributed by atoms with E-state index in [1.54, 1.807) is 24.3 Å². The first-order valence-corrected chi connectivity index (χ1v) is 4.95. The molecular weight excluding hydrogens is 222 g/mol. The molecule has 0 radical (unpaired) electrons. The molecule has 2 rings (SSSR count). The number of hydrogen-bond acceptors (Lipinski definition) is 5. The maximum atomic E-state index is 11.1. The van der Waals surface area contributed by atoms with E-state index in [-0.39, 0.29) is 6.61 Å². The molecule has 0 unspecified atom stereocenters. The van der Waals surface area contributed by atoms with Crippen molar-refractivity contribution in [3.63, 3.8) is 0 Å². The number of para-hydroxylation sites is 2. The Bertz CT molecular complexity index is 577. The molecule has 0 aliphatic rings. The molecule has 3 N–H and O–H groups in total. The average Bonchev–Trinajstić information content (AvgIpc) is 2.32. The summed E-state index contributed by atoms with van der Waals surface area (Å²) in [5.74, 6) is 0.409. The first-order valence-electron chi connectivity index (χ1n) is 4.95. The van der Waals surface area contributed by atoms with E-state index >= 15 is 0 Å². The van der Waals surface area contributed by atoms with Crippen LogP contribution in [0.2, 0.25) is 0 Å². The lowest BCUT2D eigenvalue weighted by atomic mass is 10.3. The number of ether oxygens (including phenoxy) is 1. The van der Waals surface area contributed by atoms with Gasteiger partial charge in [0.1, 0.15) is 24.4 Å². The minimum atomic E-state index is -0.504. The lowest BCUT2D eigenvalue weighted by molar-refractivity contribution is 0.264. The summed E-state index contributed by atoms with van der Waals surface area (Å²) >= 11 is 0. The Hall–Kier alpha value is -2.43. The van der Waals surface area contributed by atoms with Crippen LogP contribution in [0.15, 0.2) is 45.8 Å². The fourth-order valence-electron chi connectivity index (χ4n) is 1.28. The summed E-state index contributed by atoms with van der Waals surface area (Å²) in [6.45, 7) is 0.0731. The highest BCUT2D eigenvalue weighted by atomic mass is 16.5. The smallest absolute Gasteiger partial charge is 0.226 e. The molecule has 5 heteroatoms. The van der Waals surface area contributed by atoms with Crippen LogP contribution in [0.25, 0.3) is 0 Å². The Balaban J connectivity index is 2.10. The fraction of sp³-hybridized carbons (Fsp3) is 0.0833. The predicted molar refractivity (Wildman–Crippen MR) is 61.8 cm³/mol. The molecule has 1 aromatic heterocycles. The Labute approximate surface area is 97.1 Å². The Morgan fingerprint density at radius 3 is 2.82 bits per heavy atom. The van der Waals surface area contributed by atoms with Gasteiger partial charge < -0.3 is 20.0 Å². The number of benzene rings is 1. The van der Waals surface area contributed by atoms with Crippen LogP contribution in [-0.4, -0.2) is 5.11 Å². The maximum Gasteiger partial charge on any atom is 0.226 e. The van der Waals surface area contributed by atoms with Gasteiger partial charge in [-0.1, -0.05) is 12.1 Å². The van der Waals surface area contributed by atoms with Crippen LogP contribution in [0.3, 0.4) is 0 Å². The minimum Gasteiger partial charge on any atom is -0.502 e. The zero-order chi connectivity index (χ0) is 12.3. The lowest BCUT2D eigenvalue weighted by Gasteiger charge is -2.07. The molecule has 0 spiro atoms. The highest BCUT2D eigenvalue weighted by Crippen LogP contribution is 2.20. The van der Waals surface area contributed by atoms with Crippen molar-refractivity contribution in [3.05, 3.63) is 52.6 Å². The van der Waals surface area contributed by atoms with E-state index in [1.165, 1.54) is 6.07 Å². The lowest BCUT2D eigenvalue weighted by Crippen LogP contribution is -2.03. The van der Waals surface area contributed by atoms with E-state index in [0.29, 0.717) is 17.2 Å². The summed E-state index contributed by atoms with van der Waals surface area (Å²) in [5, 5.41) is 9.01. The van der Waals surface area contributed by atoms with Crippen molar-refractivity contribution in [2.75, 3.05) is 5.73 Å². The number of nitrogens with two attached hydrogens (primary N) is 1. The third-order valence-electron chi connectivity index (χ3n) is 2.16. The molecule has 0 bridgehead atoms. The second-order valence-electron chi connectivity index (χ2n) is 3.42. The third-order valence-corrected chi connectivity index (χ3v) is 2.16. The summed E-state index contributed by atoms with van der Waals surface area (Å²) in [7, 11) is 0. The number of anilines is 1. The van der Waals surface area contributed by atoms with Crippen LogP contribution in [0.4, 0.5) is 5.69 Å². The summed E-state index contributed by atoms with van der Waals surface area (Å²) in [6.07, 6.45) is 0.982. The van der Waals surface area contributed by atoms with E-state index in [0.717, 1.165) is 6.26 Å². The third kappa shape index (κ3) is 2.57. The van der Waals surface area contributed by atoms with Gasteiger partial charge in [-0.25, -0.2) is 0 Å². The van der Waals surface area contributed by atoms with Crippen LogP contribution in [0, 0.1) is 0 Å². The van der Waals surface area contributed by atoms with Crippen molar-refractivity contribution in [3.8, 4) is 11.5 Å². The predicted octanol–water partition coefficient (Wildman–Crippen LogP) is 1.51. The molecular formula is C12H11NO4. The number of rotatable bonds is 3. The van der Waals surface area contributed by atoms with Crippen LogP contribution >= 0.6 is 0 Å². The first kappa shape index (κ1) is 11.1. The Morgan fingerprint density at radius 1 is 1.35 bits per heavy atom. The van der Waals surface area contributed by atoms with E-state index < -0.39 is 11.2 Å². The molecule has 0 fully saturated rings. The average molecular weight is 233 g/mol. The van der Waals surface area contributed by atoms with Gasteiger partial charge in [-0.15, -0.1) is 0 Å². The van der Waals surface area contributed by atoms with E-state index in [4.69, 9.17) is 20.0 Å².